The van der Waals surface area contributed by atoms with Gasteiger partial charge in [0.15, 0.2) is 0 Å². The lowest BCUT2D eigenvalue weighted by Gasteiger charge is -2.04. The van der Waals surface area contributed by atoms with E-state index in [4.69, 9.17) is 5.73 Å². The van der Waals surface area contributed by atoms with Crippen LogP contribution in [-0.4, -0.2) is 27.2 Å². The lowest BCUT2D eigenvalue weighted by atomic mass is 10.2. The van der Waals surface area contributed by atoms with E-state index in [9.17, 15) is 4.79 Å². The van der Waals surface area contributed by atoms with Gasteiger partial charge < -0.3 is 11.1 Å². The second-order valence-electron chi connectivity index (χ2n) is 3.93. The molecule has 3 N–H and O–H groups in total. The van der Waals surface area contributed by atoms with Gasteiger partial charge in [0.25, 0.3) is 5.91 Å². The molecular weight excluding hydrogens is 230 g/mol. The zero-order valence-corrected chi connectivity index (χ0v) is 10.1. The average molecular weight is 245 g/mol. The smallest absolute Gasteiger partial charge is 0.256 e. The van der Waals surface area contributed by atoms with E-state index in [0.29, 0.717) is 17.9 Å². The normalized spacial score (nSPS) is 10.3. The fraction of sp³-hybridized carbons (Fsp3) is 0.250. The SMILES string of the molecule is Cn1ncc(C(=O)NCCc2cccnc2)c1N. The van der Waals surface area contributed by atoms with Gasteiger partial charge in [-0.05, 0) is 18.1 Å². The molecular formula is C12H15N5O. The number of nitrogens with two attached hydrogens (primary N) is 1. The van der Waals surface area contributed by atoms with Gasteiger partial charge in [-0.15, -0.1) is 0 Å². The van der Waals surface area contributed by atoms with Crippen LogP contribution >= 0.6 is 0 Å². The van der Waals surface area contributed by atoms with E-state index in [1.54, 1.807) is 19.4 Å². The number of anilines is 1. The minimum Gasteiger partial charge on any atom is -0.383 e. The van der Waals surface area contributed by atoms with Gasteiger partial charge in [-0.3, -0.25) is 14.5 Å². The number of nitrogens with one attached hydrogen (secondary N) is 1. The van der Waals surface area contributed by atoms with Crippen LogP contribution in [-0.2, 0) is 13.5 Å². The lowest BCUT2D eigenvalue weighted by molar-refractivity contribution is 0.0955. The first-order chi connectivity index (χ1) is 8.68. The number of aromatic nitrogens is 3. The summed E-state index contributed by atoms with van der Waals surface area (Å²) < 4.78 is 1.47. The minimum atomic E-state index is -0.204. The highest BCUT2D eigenvalue weighted by atomic mass is 16.1. The standard InChI is InChI=1S/C12H15N5O/c1-17-11(13)10(8-16-17)12(18)15-6-4-9-3-2-5-14-7-9/h2-3,5,7-8H,4,6,13H2,1H3,(H,15,18). The van der Waals surface area contributed by atoms with E-state index in [1.807, 2.05) is 12.1 Å². The first-order valence-electron chi connectivity index (χ1n) is 5.63. The van der Waals surface area contributed by atoms with Crippen LogP contribution in [0.25, 0.3) is 0 Å². The van der Waals surface area contributed by atoms with Crippen LogP contribution in [0.2, 0.25) is 0 Å². The highest BCUT2D eigenvalue weighted by Gasteiger charge is 2.12. The summed E-state index contributed by atoms with van der Waals surface area (Å²) >= 11 is 0. The Labute approximate surface area is 105 Å². The molecule has 2 rings (SSSR count). The van der Waals surface area contributed by atoms with Crippen molar-refractivity contribution in [1.82, 2.24) is 20.1 Å². The summed E-state index contributed by atoms with van der Waals surface area (Å²) in [5, 5.41) is 6.73. The second-order valence-corrected chi connectivity index (χ2v) is 3.93. The maximum absolute atomic E-state index is 11.8. The molecule has 1 amide bonds. The largest absolute Gasteiger partial charge is 0.383 e. The third-order valence-electron chi connectivity index (χ3n) is 2.65. The molecule has 0 aliphatic rings. The van der Waals surface area contributed by atoms with Crippen LogP contribution in [0.5, 0.6) is 0 Å². The van der Waals surface area contributed by atoms with Crippen LogP contribution in [0, 0.1) is 0 Å². The van der Waals surface area contributed by atoms with Crippen LogP contribution < -0.4 is 11.1 Å². The maximum Gasteiger partial charge on any atom is 0.256 e. The number of amides is 1. The number of nitrogen functional groups attached to an aromatic ring is 1. The van der Waals surface area contributed by atoms with Gasteiger partial charge in [-0.25, -0.2) is 0 Å². The predicted octanol–water partition coefficient (Wildman–Crippen LogP) is 0.370. The van der Waals surface area contributed by atoms with Crippen LogP contribution in [0.4, 0.5) is 5.82 Å². The molecule has 0 bridgehead atoms. The first kappa shape index (κ1) is 12.1. The van der Waals surface area contributed by atoms with Crippen molar-refractivity contribution in [3.05, 3.63) is 41.9 Å². The fourth-order valence-electron chi connectivity index (χ4n) is 1.58. The van der Waals surface area contributed by atoms with Crippen molar-refractivity contribution in [2.75, 3.05) is 12.3 Å². The Balaban J connectivity index is 1.88. The number of nitrogens with zero attached hydrogens (tertiary/aromatic N) is 3. The summed E-state index contributed by atoms with van der Waals surface area (Å²) in [7, 11) is 1.70. The van der Waals surface area contributed by atoms with Crippen molar-refractivity contribution in [2.24, 2.45) is 7.05 Å². The number of pyridine rings is 1. The summed E-state index contributed by atoms with van der Waals surface area (Å²) in [4.78, 5) is 15.8. The average Bonchev–Trinajstić information content (AvgIpc) is 2.71. The van der Waals surface area contributed by atoms with Gasteiger partial charge in [0.1, 0.15) is 11.4 Å². The van der Waals surface area contributed by atoms with Crippen LogP contribution in [0.3, 0.4) is 0 Å². The molecule has 0 spiro atoms. The summed E-state index contributed by atoms with van der Waals surface area (Å²) in [5.74, 6) is 0.165. The van der Waals surface area contributed by atoms with Crippen molar-refractivity contribution in [1.29, 1.82) is 0 Å². The third kappa shape index (κ3) is 2.65. The zero-order valence-electron chi connectivity index (χ0n) is 10.1. The maximum atomic E-state index is 11.8. The fourth-order valence-corrected chi connectivity index (χ4v) is 1.58. The summed E-state index contributed by atoms with van der Waals surface area (Å²) in [6.07, 6.45) is 5.71. The minimum absolute atomic E-state index is 0.204. The Morgan fingerprint density at radius 2 is 2.33 bits per heavy atom. The molecule has 0 aliphatic heterocycles. The summed E-state index contributed by atoms with van der Waals surface area (Å²) in [6.45, 7) is 0.541. The number of hydrogen-bond acceptors (Lipinski definition) is 4. The van der Waals surface area contributed by atoms with E-state index < -0.39 is 0 Å². The molecule has 94 valence electrons. The molecule has 0 unspecified atom stereocenters. The summed E-state index contributed by atoms with van der Waals surface area (Å²) in [5.41, 5.74) is 7.20. The van der Waals surface area contributed by atoms with E-state index in [1.165, 1.54) is 10.9 Å². The van der Waals surface area contributed by atoms with Crippen molar-refractivity contribution >= 4 is 11.7 Å². The van der Waals surface area contributed by atoms with Crippen molar-refractivity contribution < 1.29 is 4.79 Å². The summed E-state index contributed by atoms with van der Waals surface area (Å²) in [6, 6.07) is 3.84. The molecule has 0 atom stereocenters. The van der Waals surface area contributed by atoms with E-state index in [2.05, 4.69) is 15.4 Å². The van der Waals surface area contributed by atoms with Crippen LogP contribution in [0.15, 0.2) is 30.7 Å². The topological polar surface area (TPSA) is 85.8 Å². The molecule has 6 heteroatoms. The van der Waals surface area contributed by atoms with Gasteiger partial charge in [-0.1, -0.05) is 6.07 Å². The van der Waals surface area contributed by atoms with Gasteiger partial charge in [0, 0.05) is 26.0 Å². The van der Waals surface area contributed by atoms with Gasteiger partial charge in [0.2, 0.25) is 0 Å². The monoisotopic (exact) mass is 245 g/mol. The molecule has 6 nitrogen and oxygen atoms in total. The van der Waals surface area contributed by atoms with Gasteiger partial charge in [0.05, 0.1) is 6.20 Å². The number of rotatable bonds is 4. The van der Waals surface area contributed by atoms with E-state index in [0.717, 1.165) is 12.0 Å². The number of carbonyl (C=O) groups is 1. The van der Waals surface area contributed by atoms with E-state index >= 15 is 0 Å². The second kappa shape index (κ2) is 5.31. The quantitative estimate of drug-likeness (QED) is 0.814. The molecule has 0 saturated heterocycles. The molecule has 2 aromatic rings. The van der Waals surface area contributed by atoms with Gasteiger partial charge in [-0.2, -0.15) is 5.10 Å². The third-order valence-corrected chi connectivity index (χ3v) is 2.65. The molecule has 2 aromatic heterocycles. The van der Waals surface area contributed by atoms with Gasteiger partial charge >= 0.3 is 0 Å². The first-order valence-corrected chi connectivity index (χ1v) is 5.63. The Morgan fingerprint density at radius 1 is 1.50 bits per heavy atom. The number of carbonyl (C=O) groups excluding carboxylic acids is 1. The Kier molecular flexibility index (Phi) is 3.57. The van der Waals surface area contributed by atoms with Crippen molar-refractivity contribution in [3.8, 4) is 0 Å². The van der Waals surface area contributed by atoms with E-state index in [-0.39, 0.29) is 5.91 Å². The molecule has 2 heterocycles. The van der Waals surface area contributed by atoms with Crippen molar-refractivity contribution in [3.63, 3.8) is 0 Å². The highest BCUT2D eigenvalue weighted by Crippen LogP contribution is 2.08. The molecule has 0 radical (unpaired) electrons. The Bertz CT molecular complexity index is 535. The lowest BCUT2D eigenvalue weighted by Crippen LogP contribution is -2.26. The Hall–Kier alpha value is -2.37. The molecule has 0 saturated carbocycles. The molecule has 0 aromatic carbocycles. The number of hydrogen-bond donors (Lipinski definition) is 2. The number of aryl methyl sites for hydroxylation is 1. The zero-order chi connectivity index (χ0) is 13.0. The molecule has 0 fully saturated rings. The Morgan fingerprint density at radius 3 is 2.94 bits per heavy atom. The van der Waals surface area contributed by atoms with Crippen molar-refractivity contribution in [2.45, 2.75) is 6.42 Å². The molecule has 0 aliphatic carbocycles. The highest BCUT2D eigenvalue weighted by molar-refractivity contribution is 5.98. The predicted molar refractivity (Wildman–Crippen MR) is 67.9 cm³/mol. The van der Waals surface area contributed by atoms with Crippen LogP contribution in [0.1, 0.15) is 15.9 Å². The molecule has 18 heavy (non-hydrogen) atoms.